The van der Waals surface area contributed by atoms with E-state index in [1.165, 1.54) is 25.4 Å². The molecule has 0 aliphatic rings. The SMILES string of the molecule is CNC(=O)c1[nH]cc(Cl)c1-c1ccc(NC(=O)Nc2cc(C(F)(F)F)ccc2F)cc1. The molecule has 0 bridgehead atoms. The van der Waals surface area contributed by atoms with Crippen LogP contribution in [0, 0.1) is 5.82 Å². The summed E-state index contributed by atoms with van der Waals surface area (Å²) in [6.07, 6.45) is -3.21. The Hall–Kier alpha value is -3.53. The van der Waals surface area contributed by atoms with Crippen LogP contribution in [0.1, 0.15) is 16.1 Å². The van der Waals surface area contributed by atoms with Crippen molar-refractivity contribution in [2.75, 3.05) is 17.7 Å². The number of benzene rings is 2. The topological polar surface area (TPSA) is 86.0 Å². The number of rotatable bonds is 4. The van der Waals surface area contributed by atoms with Gasteiger partial charge in [0.2, 0.25) is 0 Å². The summed E-state index contributed by atoms with van der Waals surface area (Å²) in [5, 5.41) is 7.25. The Bertz CT molecular complexity index is 1130. The molecule has 0 aliphatic carbocycles. The minimum absolute atomic E-state index is 0.256. The van der Waals surface area contributed by atoms with Gasteiger partial charge < -0.3 is 20.9 Å². The fourth-order valence-corrected chi connectivity index (χ4v) is 3.05. The highest BCUT2D eigenvalue weighted by Gasteiger charge is 2.31. The van der Waals surface area contributed by atoms with E-state index < -0.39 is 29.3 Å². The third-order valence-electron chi connectivity index (χ3n) is 4.26. The van der Waals surface area contributed by atoms with Crippen LogP contribution in [0.15, 0.2) is 48.7 Å². The van der Waals surface area contributed by atoms with Crippen LogP contribution in [-0.4, -0.2) is 24.0 Å². The number of hydrogen-bond donors (Lipinski definition) is 4. The van der Waals surface area contributed by atoms with E-state index in [0.717, 1.165) is 0 Å². The van der Waals surface area contributed by atoms with Gasteiger partial charge in [0, 0.05) is 24.5 Å². The van der Waals surface area contributed by atoms with Crippen molar-refractivity contribution in [3.05, 3.63) is 70.8 Å². The lowest BCUT2D eigenvalue weighted by atomic mass is 10.1. The van der Waals surface area contributed by atoms with E-state index in [2.05, 4.69) is 20.9 Å². The molecule has 1 heterocycles. The van der Waals surface area contributed by atoms with Crippen molar-refractivity contribution in [1.29, 1.82) is 0 Å². The molecular weight excluding hydrogens is 440 g/mol. The zero-order valence-corrected chi connectivity index (χ0v) is 16.6. The molecule has 6 nitrogen and oxygen atoms in total. The number of aromatic nitrogens is 1. The van der Waals surface area contributed by atoms with E-state index in [0.29, 0.717) is 34.3 Å². The first-order chi connectivity index (χ1) is 14.6. The third kappa shape index (κ3) is 4.97. The molecule has 4 N–H and O–H groups in total. The van der Waals surface area contributed by atoms with Crippen molar-refractivity contribution in [3.8, 4) is 11.1 Å². The van der Waals surface area contributed by atoms with Crippen LogP contribution >= 0.6 is 11.6 Å². The average Bonchev–Trinajstić information content (AvgIpc) is 3.10. The number of H-pyrrole nitrogens is 1. The van der Waals surface area contributed by atoms with Crippen LogP contribution in [0.2, 0.25) is 5.02 Å². The standard InChI is InChI=1S/C20H15ClF4N4O2/c1-26-18(30)17-16(13(21)9-27-17)10-2-5-12(6-3-10)28-19(31)29-15-8-11(20(23,24)25)4-7-14(15)22/h2-9,27H,1H3,(H,26,30)(H2,28,29,31). The van der Waals surface area contributed by atoms with Crippen LogP contribution in [0.25, 0.3) is 11.1 Å². The van der Waals surface area contributed by atoms with Crippen LogP contribution < -0.4 is 16.0 Å². The number of anilines is 2. The van der Waals surface area contributed by atoms with Crippen LogP contribution in [-0.2, 0) is 6.18 Å². The number of aromatic amines is 1. The van der Waals surface area contributed by atoms with E-state index in [1.54, 1.807) is 12.1 Å². The number of carbonyl (C=O) groups excluding carboxylic acids is 2. The molecule has 0 saturated heterocycles. The summed E-state index contributed by atoms with van der Waals surface area (Å²) in [5.74, 6) is -1.38. The molecule has 0 radical (unpaired) electrons. The van der Waals surface area contributed by atoms with Crippen LogP contribution in [0.4, 0.5) is 33.7 Å². The molecule has 0 spiro atoms. The molecule has 0 aliphatic heterocycles. The predicted molar refractivity (Wildman–Crippen MR) is 109 cm³/mol. The number of amides is 3. The number of nitrogens with one attached hydrogen (secondary N) is 4. The fraction of sp³-hybridized carbons (Fsp3) is 0.100. The Labute approximate surface area is 178 Å². The third-order valence-corrected chi connectivity index (χ3v) is 4.56. The quantitative estimate of drug-likeness (QED) is 0.392. The number of alkyl halides is 3. The first kappa shape index (κ1) is 22.2. The Balaban J connectivity index is 1.75. The summed E-state index contributed by atoms with van der Waals surface area (Å²) in [7, 11) is 1.47. The van der Waals surface area contributed by atoms with Crippen LogP contribution in [0.3, 0.4) is 0 Å². The highest BCUT2D eigenvalue weighted by molar-refractivity contribution is 6.34. The zero-order chi connectivity index (χ0) is 22.8. The minimum Gasteiger partial charge on any atom is -0.355 e. The maximum absolute atomic E-state index is 13.8. The van der Waals surface area contributed by atoms with E-state index in [4.69, 9.17) is 11.6 Å². The van der Waals surface area contributed by atoms with Gasteiger partial charge in [0.1, 0.15) is 11.5 Å². The number of hydrogen-bond acceptors (Lipinski definition) is 2. The molecule has 11 heteroatoms. The zero-order valence-electron chi connectivity index (χ0n) is 15.8. The Kier molecular flexibility index (Phi) is 6.21. The van der Waals surface area contributed by atoms with Gasteiger partial charge in [0.15, 0.2) is 0 Å². The van der Waals surface area contributed by atoms with Gasteiger partial charge in [0.25, 0.3) is 5.91 Å². The van der Waals surface area contributed by atoms with Gasteiger partial charge in [-0.15, -0.1) is 0 Å². The van der Waals surface area contributed by atoms with E-state index in [9.17, 15) is 27.2 Å². The average molecular weight is 455 g/mol. The number of urea groups is 1. The second-order valence-electron chi connectivity index (χ2n) is 6.31. The van der Waals surface area contributed by atoms with Gasteiger partial charge in [-0.1, -0.05) is 23.7 Å². The minimum atomic E-state index is -4.68. The van der Waals surface area contributed by atoms with Crippen molar-refractivity contribution < 1.29 is 27.2 Å². The van der Waals surface area contributed by atoms with E-state index in [1.807, 2.05) is 0 Å². The van der Waals surface area contributed by atoms with E-state index >= 15 is 0 Å². The molecule has 31 heavy (non-hydrogen) atoms. The van der Waals surface area contributed by atoms with Crippen molar-refractivity contribution >= 4 is 34.9 Å². The molecule has 3 aromatic rings. The van der Waals surface area contributed by atoms with Crippen molar-refractivity contribution in [2.24, 2.45) is 0 Å². The molecule has 1 aromatic heterocycles. The smallest absolute Gasteiger partial charge is 0.355 e. The van der Waals surface area contributed by atoms with E-state index in [-0.39, 0.29) is 17.3 Å². The highest BCUT2D eigenvalue weighted by atomic mass is 35.5. The van der Waals surface area contributed by atoms with Crippen molar-refractivity contribution in [1.82, 2.24) is 10.3 Å². The summed E-state index contributed by atoms with van der Waals surface area (Å²) in [6.45, 7) is 0. The van der Waals surface area contributed by atoms with Gasteiger partial charge >= 0.3 is 12.2 Å². The van der Waals surface area contributed by atoms with Gasteiger partial charge in [-0.25, -0.2) is 9.18 Å². The van der Waals surface area contributed by atoms with Gasteiger partial charge in [-0.2, -0.15) is 13.2 Å². The maximum Gasteiger partial charge on any atom is 0.416 e. The largest absolute Gasteiger partial charge is 0.416 e. The second kappa shape index (κ2) is 8.68. The Morgan fingerprint density at radius 1 is 1.03 bits per heavy atom. The normalized spacial score (nSPS) is 11.2. The molecule has 0 fully saturated rings. The lowest BCUT2D eigenvalue weighted by molar-refractivity contribution is -0.137. The molecule has 0 saturated carbocycles. The highest BCUT2D eigenvalue weighted by Crippen LogP contribution is 2.33. The molecule has 0 atom stereocenters. The van der Waals surface area contributed by atoms with Gasteiger partial charge in [0.05, 0.1) is 16.3 Å². The summed E-state index contributed by atoms with van der Waals surface area (Å²) < 4.78 is 52.1. The van der Waals surface area contributed by atoms with Crippen molar-refractivity contribution in [2.45, 2.75) is 6.18 Å². The molecule has 3 amide bonds. The second-order valence-corrected chi connectivity index (χ2v) is 6.72. The predicted octanol–water partition coefficient (Wildman–Crippen LogP) is 5.50. The Morgan fingerprint density at radius 3 is 2.32 bits per heavy atom. The monoisotopic (exact) mass is 454 g/mol. The summed E-state index contributed by atoms with van der Waals surface area (Å²) in [5.41, 5.74) is -0.127. The summed E-state index contributed by atoms with van der Waals surface area (Å²) in [4.78, 5) is 26.8. The van der Waals surface area contributed by atoms with Gasteiger partial charge in [-0.05, 0) is 35.9 Å². The number of carbonyl (C=O) groups is 2. The lowest BCUT2D eigenvalue weighted by Gasteiger charge is -2.12. The van der Waals surface area contributed by atoms with Crippen LogP contribution in [0.5, 0.6) is 0 Å². The molecule has 0 unspecified atom stereocenters. The first-order valence-corrected chi connectivity index (χ1v) is 9.12. The molecule has 2 aromatic carbocycles. The Morgan fingerprint density at radius 2 is 1.71 bits per heavy atom. The fourth-order valence-electron chi connectivity index (χ4n) is 2.79. The van der Waals surface area contributed by atoms with Gasteiger partial charge in [-0.3, -0.25) is 4.79 Å². The maximum atomic E-state index is 13.8. The molecule has 162 valence electrons. The lowest BCUT2D eigenvalue weighted by Crippen LogP contribution is -2.20. The first-order valence-electron chi connectivity index (χ1n) is 8.74. The summed E-state index contributed by atoms with van der Waals surface area (Å²) >= 11 is 6.15. The molecular formula is C20H15ClF4N4O2. The molecule has 3 rings (SSSR count). The van der Waals surface area contributed by atoms with Crippen molar-refractivity contribution in [3.63, 3.8) is 0 Å². The summed E-state index contributed by atoms with van der Waals surface area (Å²) in [6, 6.07) is 6.93. The number of halogens is 5.